The molecule has 0 radical (unpaired) electrons. The lowest BCUT2D eigenvalue weighted by Crippen LogP contribution is -2.19. The van der Waals surface area contributed by atoms with E-state index in [4.69, 9.17) is 0 Å². The van der Waals surface area contributed by atoms with Gasteiger partial charge in [0.1, 0.15) is 0 Å². The van der Waals surface area contributed by atoms with Crippen LogP contribution in [0.3, 0.4) is 0 Å². The van der Waals surface area contributed by atoms with Gasteiger partial charge in [-0.25, -0.2) is 0 Å². The molecule has 0 aliphatic carbocycles. The molecule has 0 spiro atoms. The summed E-state index contributed by atoms with van der Waals surface area (Å²) in [7, 11) is -0.942. The fourth-order valence-corrected chi connectivity index (χ4v) is 3.50. The molecule has 76 valence electrons. The van der Waals surface area contributed by atoms with Crippen LogP contribution in [0, 0.1) is 0 Å². The maximum absolute atomic E-state index is 2.41. The second-order valence-electron chi connectivity index (χ2n) is 5.14. The fraction of sp³-hybridized carbons (Fsp3) is 0.385. The monoisotopic (exact) mass is 204 g/mol. The first-order valence-corrected chi connectivity index (χ1v) is 8.90. The summed E-state index contributed by atoms with van der Waals surface area (Å²) in [4.78, 5) is 0. The van der Waals surface area contributed by atoms with Crippen molar-refractivity contribution in [2.75, 3.05) is 0 Å². The first-order valence-electron chi connectivity index (χ1n) is 5.20. The predicted molar refractivity (Wildman–Crippen MR) is 68.2 cm³/mol. The average molecular weight is 204 g/mol. The Labute approximate surface area is 88.7 Å². The van der Waals surface area contributed by atoms with Crippen LogP contribution in [-0.4, -0.2) is 8.07 Å². The molecule has 1 aromatic carbocycles. The molecule has 0 fully saturated rings. The van der Waals surface area contributed by atoms with Gasteiger partial charge in [0.2, 0.25) is 0 Å². The molecule has 0 unspecified atom stereocenters. The molecular formula is C13H20Si. The van der Waals surface area contributed by atoms with Crippen LogP contribution in [0.2, 0.25) is 25.7 Å². The number of benzene rings is 1. The lowest BCUT2D eigenvalue weighted by molar-refractivity contribution is 1.33. The largest absolute Gasteiger partial charge is 0.0754 e. The Kier molecular flexibility index (Phi) is 3.70. The van der Waals surface area contributed by atoms with Gasteiger partial charge in [0, 0.05) is 8.07 Å². The van der Waals surface area contributed by atoms with Crippen LogP contribution in [0.1, 0.15) is 12.5 Å². The van der Waals surface area contributed by atoms with Crippen molar-refractivity contribution in [2.24, 2.45) is 0 Å². The summed E-state index contributed by atoms with van der Waals surface area (Å²) >= 11 is 0. The van der Waals surface area contributed by atoms with Crippen molar-refractivity contribution < 1.29 is 0 Å². The van der Waals surface area contributed by atoms with E-state index in [0.717, 1.165) is 0 Å². The smallest absolute Gasteiger partial charge is 0.0483 e. The molecule has 0 saturated carbocycles. The van der Waals surface area contributed by atoms with Crippen LogP contribution in [0.25, 0.3) is 6.08 Å². The van der Waals surface area contributed by atoms with Gasteiger partial charge in [0.25, 0.3) is 0 Å². The summed E-state index contributed by atoms with van der Waals surface area (Å²) in [6.07, 6.45) is 2.30. The van der Waals surface area contributed by atoms with E-state index in [1.807, 2.05) is 0 Å². The normalized spacial score (nSPS) is 13.0. The zero-order chi connectivity index (χ0) is 10.6. The van der Waals surface area contributed by atoms with Gasteiger partial charge in [-0.05, 0) is 18.5 Å². The van der Waals surface area contributed by atoms with E-state index in [-0.39, 0.29) is 0 Å². The molecule has 0 saturated heterocycles. The Morgan fingerprint density at radius 3 is 2.21 bits per heavy atom. The van der Waals surface area contributed by atoms with Gasteiger partial charge in [-0.2, -0.15) is 0 Å². The van der Waals surface area contributed by atoms with Gasteiger partial charge in [-0.3, -0.25) is 0 Å². The van der Waals surface area contributed by atoms with Crippen LogP contribution in [0.5, 0.6) is 0 Å². The zero-order valence-electron chi connectivity index (χ0n) is 9.67. The van der Waals surface area contributed by atoms with Crippen LogP contribution >= 0.6 is 0 Å². The van der Waals surface area contributed by atoms with Crippen molar-refractivity contribution in [3.05, 3.63) is 41.5 Å². The second-order valence-corrected chi connectivity index (χ2v) is 10.6. The van der Waals surface area contributed by atoms with Crippen LogP contribution in [0.4, 0.5) is 0 Å². The minimum Gasteiger partial charge on any atom is -0.0754 e. The first kappa shape index (κ1) is 11.3. The van der Waals surface area contributed by atoms with Gasteiger partial charge in [-0.15, -0.1) is 0 Å². The Morgan fingerprint density at radius 2 is 1.71 bits per heavy atom. The standard InChI is InChI=1S/C13H20Si/c1-12(11-14(2,3)4)10-13-8-6-5-7-9-13/h5-10H,11H2,1-4H3/b12-10+. The molecule has 0 aromatic heterocycles. The van der Waals surface area contributed by atoms with E-state index in [9.17, 15) is 0 Å². The summed E-state index contributed by atoms with van der Waals surface area (Å²) in [5, 5.41) is 0. The highest BCUT2D eigenvalue weighted by atomic mass is 28.3. The van der Waals surface area contributed by atoms with Crippen molar-refractivity contribution >= 4 is 14.1 Å². The summed E-state index contributed by atoms with van der Waals surface area (Å²) in [6, 6.07) is 11.9. The SMILES string of the molecule is C/C(=C\c1ccccc1)C[Si](C)(C)C. The molecule has 0 N–H and O–H groups in total. The van der Waals surface area contributed by atoms with Crippen molar-refractivity contribution in [2.45, 2.75) is 32.6 Å². The molecule has 0 nitrogen and oxygen atoms in total. The van der Waals surface area contributed by atoms with E-state index in [1.165, 1.54) is 17.2 Å². The molecule has 1 heteroatoms. The third-order valence-electron chi connectivity index (χ3n) is 2.02. The number of hydrogen-bond acceptors (Lipinski definition) is 0. The summed E-state index contributed by atoms with van der Waals surface area (Å²) in [5.74, 6) is 0. The second kappa shape index (κ2) is 4.60. The highest BCUT2D eigenvalue weighted by molar-refractivity contribution is 6.76. The van der Waals surface area contributed by atoms with Gasteiger partial charge in [0.15, 0.2) is 0 Å². The van der Waals surface area contributed by atoms with E-state index >= 15 is 0 Å². The fourth-order valence-electron chi connectivity index (χ4n) is 1.72. The third-order valence-corrected chi connectivity index (χ3v) is 3.64. The Morgan fingerprint density at radius 1 is 1.14 bits per heavy atom. The van der Waals surface area contributed by atoms with E-state index in [2.05, 4.69) is 63.0 Å². The minimum absolute atomic E-state index is 0.942. The van der Waals surface area contributed by atoms with Crippen molar-refractivity contribution in [1.29, 1.82) is 0 Å². The maximum Gasteiger partial charge on any atom is 0.0483 e. The predicted octanol–water partition coefficient (Wildman–Crippen LogP) is 4.43. The number of allylic oxidation sites excluding steroid dienone is 1. The minimum atomic E-state index is -0.942. The number of hydrogen-bond donors (Lipinski definition) is 0. The maximum atomic E-state index is 2.41. The lowest BCUT2D eigenvalue weighted by Gasteiger charge is -2.15. The third kappa shape index (κ3) is 4.42. The van der Waals surface area contributed by atoms with E-state index in [0.29, 0.717) is 0 Å². The topological polar surface area (TPSA) is 0 Å². The van der Waals surface area contributed by atoms with Crippen LogP contribution in [-0.2, 0) is 0 Å². The molecular weight excluding hydrogens is 184 g/mol. The number of rotatable bonds is 3. The van der Waals surface area contributed by atoms with E-state index in [1.54, 1.807) is 0 Å². The van der Waals surface area contributed by atoms with E-state index < -0.39 is 8.07 Å². The van der Waals surface area contributed by atoms with Gasteiger partial charge in [-0.1, -0.05) is 61.6 Å². The Bertz CT molecular complexity index is 304. The quantitative estimate of drug-likeness (QED) is 0.639. The summed E-state index contributed by atoms with van der Waals surface area (Å²) in [6.45, 7) is 9.48. The van der Waals surface area contributed by atoms with Crippen LogP contribution in [0.15, 0.2) is 35.9 Å². The summed E-state index contributed by atoms with van der Waals surface area (Å²) in [5.41, 5.74) is 2.83. The lowest BCUT2D eigenvalue weighted by atomic mass is 10.1. The molecule has 1 aromatic rings. The van der Waals surface area contributed by atoms with Gasteiger partial charge in [0.05, 0.1) is 0 Å². The molecule has 0 aliphatic heterocycles. The summed E-state index contributed by atoms with van der Waals surface area (Å²) < 4.78 is 0. The van der Waals surface area contributed by atoms with Gasteiger partial charge < -0.3 is 0 Å². The zero-order valence-corrected chi connectivity index (χ0v) is 10.7. The highest BCUT2D eigenvalue weighted by Crippen LogP contribution is 2.18. The van der Waals surface area contributed by atoms with Gasteiger partial charge >= 0.3 is 0 Å². The Hall–Kier alpha value is -0.823. The average Bonchev–Trinajstić information content (AvgIpc) is 2.02. The molecule has 0 atom stereocenters. The van der Waals surface area contributed by atoms with Crippen molar-refractivity contribution in [1.82, 2.24) is 0 Å². The van der Waals surface area contributed by atoms with Crippen LogP contribution < -0.4 is 0 Å². The van der Waals surface area contributed by atoms with Crippen molar-refractivity contribution in [3.8, 4) is 0 Å². The molecule has 0 amide bonds. The molecule has 0 bridgehead atoms. The molecule has 0 aliphatic rings. The first-order chi connectivity index (χ1) is 6.47. The molecule has 0 heterocycles. The Balaban J connectivity index is 2.70. The molecule has 14 heavy (non-hydrogen) atoms. The highest BCUT2D eigenvalue weighted by Gasteiger charge is 2.12. The van der Waals surface area contributed by atoms with Crippen molar-refractivity contribution in [3.63, 3.8) is 0 Å². The molecule has 1 rings (SSSR count).